The van der Waals surface area contributed by atoms with E-state index in [-0.39, 0.29) is 12.5 Å². The lowest BCUT2D eigenvalue weighted by Gasteiger charge is -2.28. The summed E-state index contributed by atoms with van der Waals surface area (Å²) in [5.41, 5.74) is 0. The molecule has 0 saturated heterocycles. The van der Waals surface area contributed by atoms with Crippen molar-refractivity contribution < 1.29 is 4.79 Å². The second kappa shape index (κ2) is 7.50. The van der Waals surface area contributed by atoms with E-state index in [0.29, 0.717) is 12.1 Å². The van der Waals surface area contributed by atoms with E-state index in [0.717, 1.165) is 31.3 Å². The third-order valence-electron chi connectivity index (χ3n) is 4.02. The molecule has 2 saturated carbocycles. The minimum Gasteiger partial charge on any atom is -0.357 e. The van der Waals surface area contributed by atoms with Gasteiger partial charge in [-0.15, -0.1) is 0 Å². The predicted molar refractivity (Wildman–Crippen MR) is 81.7 cm³/mol. The zero-order valence-corrected chi connectivity index (χ0v) is 12.7. The first-order valence-electron chi connectivity index (χ1n) is 8.01. The highest BCUT2D eigenvalue weighted by Crippen LogP contribution is 2.23. The Hall–Kier alpha value is -1.26. The highest BCUT2D eigenvalue weighted by molar-refractivity contribution is 5.85. The number of carbonyl (C=O) groups excluding carboxylic acids is 1. The van der Waals surface area contributed by atoms with Crippen molar-refractivity contribution in [3.63, 3.8) is 0 Å². The van der Waals surface area contributed by atoms with Crippen molar-refractivity contribution in [2.75, 3.05) is 13.1 Å². The normalized spacial score (nSPS) is 27.0. The van der Waals surface area contributed by atoms with E-state index in [2.05, 4.69) is 27.9 Å². The number of aliphatic imine (C=N–C) groups is 1. The van der Waals surface area contributed by atoms with Crippen LogP contribution in [-0.4, -0.2) is 37.0 Å². The van der Waals surface area contributed by atoms with E-state index < -0.39 is 0 Å². The Morgan fingerprint density at radius 1 is 1.05 bits per heavy atom. The van der Waals surface area contributed by atoms with Crippen LogP contribution in [0.5, 0.6) is 0 Å². The maximum atomic E-state index is 11.7. The number of guanidine groups is 1. The zero-order valence-electron chi connectivity index (χ0n) is 12.7. The van der Waals surface area contributed by atoms with Gasteiger partial charge in [-0.1, -0.05) is 6.92 Å². The Morgan fingerprint density at radius 2 is 1.65 bits per heavy atom. The van der Waals surface area contributed by atoms with Crippen molar-refractivity contribution in [3.8, 4) is 0 Å². The summed E-state index contributed by atoms with van der Waals surface area (Å²) in [7, 11) is 0. The molecule has 1 amide bonds. The van der Waals surface area contributed by atoms with E-state index in [1.165, 1.54) is 25.7 Å². The van der Waals surface area contributed by atoms with Crippen LogP contribution < -0.4 is 16.0 Å². The number of hydrogen-bond donors (Lipinski definition) is 3. The summed E-state index contributed by atoms with van der Waals surface area (Å²) in [5.74, 6) is 1.65. The van der Waals surface area contributed by atoms with Gasteiger partial charge in [0.2, 0.25) is 5.91 Å². The number of nitrogens with one attached hydrogen (secondary N) is 3. The molecule has 2 aliphatic rings. The van der Waals surface area contributed by atoms with Gasteiger partial charge in [-0.25, -0.2) is 4.99 Å². The Morgan fingerprint density at radius 3 is 2.25 bits per heavy atom. The van der Waals surface area contributed by atoms with Crippen LogP contribution in [0.15, 0.2) is 4.99 Å². The van der Waals surface area contributed by atoms with Gasteiger partial charge < -0.3 is 16.0 Å². The van der Waals surface area contributed by atoms with Crippen molar-refractivity contribution in [2.45, 2.75) is 64.5 Å². The number of rotatable bonds is 5. The smallest absolute Gasteiger partial charge is 0.242 e. The molecule has 5 nitrogen and oxygen atoms in total. The largest absolute Gasteiger partial charge is 0.357 e. The fraction of sp³-hybridized carbons (Fsp3) is 0.867. The molecule has 20 heavy (non-hydrogen) atoms. The molecular formula is C15H28N4O. The van der Waals surface area contributed by atoms with Gasteiger partial charge in [0, 0.05) is 18.6 Å². The average molecular weight is 280 g/mol. The summed E-state index contributed by atoms with van der Waals surface area (Å²) in [6.07, 6.45) is 7.18. The monoisotopic (exact) mass is 280 g/mol. The van der Waals surface area contributed by atoms with Crippen LogP contribution in [0.3, 0.4) is 0 Å². The lowest BCUT2D eigenvalue weighted by Crippen LogP contribution is -2.45. The Balaban J connectivity index is 1.77. The third kappa shape index (κ3) is 5.39. The van der Waals surface area contributed by atoms with Crippen molar-refractivity contribution in [3.05, 3.63) is 0 Å². The molecule has 2 aliphatic carbocycles. The maximum absolute atomic E-state index is 11.7. The van der Waals surface area contributed by atoms with Crippen molar-refractivity contribution in [1.82, 2.24) is 16.0 Å². The molecule has 114 valence electrons. The number of carbonyl (C=O) groups is 1. The van der Waals surface area contributed by atoms with Crippen molar-refractivity contribution in [1.29, 1.82) is 0 Å². The van der Waals surface area contributed by atoms with Gasteiger partial charge in [-0.3, -0.25) is 4.79 Å². The summed E-state index contributed by atoms with van der Waals surface area (Å²) in [4.78, 5) is 16.1. The topological polar surface area (TPSA) is 65.5 Å². The minimum absolute atomic E-state index is 0.0296. The first kappa shape index (κ1) is 15.1. The van der Waals surface area contributed by atoms with Gasteiger partial charge in [0.05, 0.1) is 0 Å². The van der Waals surface area contributed by atoms with Crippen LogP contribution in [0.25, 0.3) is 0 Å². The molecule has 0 spiro atoms. The Kier molecular flexibility index (Phi) is 5.68. The summed E-state index contributed by atoms with van der Waals surface area (Å²) < 4.78 is 0. The average Bonchev–Trinajstić information content (AvgIpc) is 3.23. The minimum atomic E-state index is 0.0296. The van der Waals surface area contributed by atoms with Gasteiger partial charge in [0.25, 0.3) is 0 Å². The van der Waals surface area contributed by atoms with Gasteiger partial charge in [-0.2, -0.15) is 0 Å². The summed E-state index contributed by atoms with van der Waals surface area (Å²) in [6, 6.07) is 0.906. The van der Waals surface area contributed by atoms with Crippen LogP contribution in [0.1, 0.15) is 52.4 Å². The van der Waals surface area contributed by atoms with Crippen LogP contribution >= 0.6 is 0 Å². The maximum Gasteiger partial charge on any atom is 0.242 e. The lowest BCUT2D eigenvalue weighted by atomic mass is 9.87. The third-order valence-corrected chi connectivity index (χ3v) is 4.02. The molecule has 3 N–H and O–H groups in total. The molecule has 5 heteroatoms. The second-order valence-electron chi connectivity index (χ2n) is 6.14. The van der Waals surface area contributed by atoms with Crippen LogP contribution in [0, 0.1) is 5.92 Å². The van der Waals surface area contributed by atoms with Gasteiger partial charge in [-0.05, 0) is 51.4 Å². The SMILES string of the molecule is CCNC(=NCC(=O)NC1CC1)NC1CCC(C)CC1. The molecule has 0 radical (unpaired) electrons. The quantitative estimate of drug-likeness (QED) is 0.527. The first-order valence-corrected chi connectivity index (χ1v) is 8.01. The standard InChI is InChI=1S/C15H28N4O/c1-3-16-15(17-10-14(20)18-12-8-9-12)19-13-6-4-11(2)5-7-13/h11-13H,3-10H2,1-2H3,(H,18,20)(H2,16,17,19). The molecule has 0 heterocycles. The highest BCUT2D eigenvalue weighted by Gasteiger charge is 2.23. The van der Waals surface area contributed by atoms with E-state index in [9.17, 15) is 4.79 Å². The highest BCUT2D eigenvalue weighted by atomic mass is 16.2. The summed E-state index contributed by atoms with van der Waals surface area (Å²) in [6.45, 7) is 5.40. The fourth-order valence-electron chi connectivity index (χ4n) is 2.57. The predicted octanol–water partition coefficient (Wildman–Crippen LogP) is 1.40. The number of nitrogens with zero attached hydrogens (tertiary/aromatic N) is 1. The molecule has 2 rings (SSSR count). The lowest BCUT2D eigenvalue weighted by molar-refractivity contribution is -0.119. The van der Waals surface area contributed by atoms with Gasteiger partial charge >= 0.3 is 0 Å². The van der Waals surface area contributed by atoms with E-state index >= 15 is 0 Å². The van der Waals surface area contributed by atoms with Crippen LogP contribution in [-0.2, 0) is 4.79 Å². The van der Waals surface area contributed by atoms with E-state index in [1.807, 2.05) is 6.92 Å². The first-order chi connectivity index (χ1) is 9.67. The van der Waals surface area contributed by atoms with E-state index in [1.54, 1.807) is 0 Å². The Bertz CT molecular complexity index is 344. The van der Waals surface area contributed by atoms with Crippen LogP contribution in [0.2, 0.25) is 0 Å². The van der Waals surface area contributed by atoms with Crippen LogP contribution in [0.4, 0.5) is 0 Å². The summed E-state index contributed by atoms with van der Waals surface area (Å²) in [5, 5.41) is 9.64. The zero-order chi connectivity index (χ0) is 14.4. The van der Waals surface area contributed by atoms with Crippen molar-refractivity contribution >= 4 is 11.9 Å². The molecular weight excluding hydrogens is 252 g/mol. The summed E-state index contributed by atoms with van der Waals surface area (Å²) >= 11 is 0. The molecule has 0 bridgehead atoms. The van der Waals surface area contributed by atoms with Gasteiger partial charge in [0.1, 0.15) is 6.54 Å². The molecule has 0 aromatic heterocycles. The molecule has 0 aromatic carbocycles. The molecule has 2 fully saturated rings. The molecule has 0 aromatic rings. The fourth-order valence-corrected chi connectivity index (χ4v) is 2.57. The molecule has 0 atom stereocenters. The van der Waals surface area contributed by atoms with E-state index in [4.69, 9.17) is 0 Å². The number of amides is 1. The molecule has 0 unspecified atom stereocenters. The van der Waals surface area contributed by atoms with Gasteiger partial charge in [0.15, 0.2) is 5.96 Å². The Labute approximate surface area is 122 Å². The molecule has 0 aliphatic heterocycles. The van der Waals surface area contributed by atoms with Crippen molar-refractivity contribution in [2.24, 2.45) is 10.9 Å². The second-order valence-corrected chi connectivity index (χ2v) is 6.14. The number of hydrogen-bond acceptors (Lipinski definition) is 2.